The number of piperidine rings is 1. The van der Waals surface area contributed by atoms with E-state index in [9.17, 15) is 14.4 Å². The van der Waals surface area contributed by atoms with Crippen LogP contribution in [0.5, 0.6) is 0 Å². The number of Topliss-reactive ketones (excluding diaryl/α,β-unsaturated/α-hetero) is 1. The Morgan fingerprint density at radius 2 is 1.85 bits per heavy atom. The van der Waals surface area contributed by atoms with Gasteiger partial charge < -0.3 is 10.2 Å². The van der Waals surface area contributed by atoms with Gasteiger partial charge in [0.1, 0.15) is 0 Å². The van der Waals surface area contributed by atoms with Crippen molar-refractivity contribution >= 4 is 28.9 Å². The first-order chi connectivity index (χ1) is 12.9. The summed E-state index contributed by atoms with van der Waals surface area (Å²) >= 11 is 1.62. The van der Waals surface area contributed by atoms with Crippen LogP contribution in [0, 0.1) is 19.8 Å². The van der Waals surface area contributed by atoms with Gasteiger partial charge in [0, 0.05) is 53.7 Å². The molecule has 6 heteroatoms. The molecule has 0 radical (unpaired) electrons. The highest BCUT2D eigenvalue weighted by Gasteiger charge is 2.27. The number of carbonyl (C=O) groups is 3. The van der Waals surface area contributed by atoms with E-state index in [1.807, 2.05) is 19.9 Å². The molecule has 1 aromatic heterocycles. The molecule has 27 heavy (non-hydrogen) atoms. The molecule has 0 saturated carbocycles. The molecule has 1 saturated heterocycles. The Morgan fingerprint density at radius 3 is 2.44 bits per heavy atom. The summed E-state index contributed by atoms with van der Waals surface area (Å²) in [7, 11) is 0. The summed E-state index contributed by atoms with van der Waals surface area (Å²) in [5, 5.41) is 3.01. The topological polar surface area (TPSA) is 66.5 Å². The highest BCUT2D eigenvalue weighted by Crippen LogP contribution is 2.23. The second-order valence-corrected chi connectivity index (χ2v) is 8.86. The number of hydrogen-bond acceptors (Lipinski definition) is 4. The van der Waals surface area contributed by atoms with E-state index in [1.165, 1.54) is 0 Å². The van der Waals surface area contributed by atoms with Gasteiger partial charge in [0.15, 0.2) is 5.78 Å². The quantitative estimate of drug-likeness (QED) is 0.512. The Bertz CT molecular complexity index is 660. The van der Waals surface area contributed by atoms with Crippen LogP contribution in [0.1, 0.15) is 72.0 Å². The predicted molar refractivity (Wildman–Crippen MR) is 109 cm³/mol. The van der Waals surface area contributed by atoms with Crippen LogP contribution < -0.4 is 5.32 Å². The van der Waals surface area contributed by atoms with Crippen LogP contribution >= 0.6 is 11.3 Å². The third-order valence-electron chi connectivity index (χ3n) is 5.21. The van der Waals surface area contributed by atoms with Crippen molar-refractivity contribution in [3.8, 4) is 0 Å². The van der Waals surface area contributed by atoms with Crippen molar-refractivity contribution in [1.29, 1.82) is 0 Å². The molecule has 1 aromatic rings. The average Bonchev–Trinajstić information content (AvgIpc) is 3.01. The third-order valence-corrected chi connectivity index (χ3v) is 6.17. The Balaban J connectivity index is 1.71. The molecule has 150 valence electrons. The van der Waals surface area contributed by atoms with Gasteiger partial charge in [0.05, 0.1) is 0 Å². The number of aryl methyl sites for hydroxylation is 2. The average molecular weight is 393 g/mol. The lowest BCUT2D eigenvalue weighted by atomic mass is 9.95. The first kappa shape index (κ1) is 21.6. The zero-order chi connectivity index (χ0) is 19.8. The van der Waals surface area contributed by atoms with Gasteiger partial charge >= 0.3 is 0 Å². The van der Waals surface area contributed by atoms with Crippen LogP contribution in [0.4, 0.5) is 0 Å². The summed E-state index contributed by atoms with van der Waals surface area (Å²) in [5.74, 6) is 0.201. The van der Waals surface area contributed by atoms with E-state index in [-0.39, 0.29) is 36.4 Å². The van der Waals surface area contributed by atoms with Crippen molar-refractivity contribution in [2.24, 2.45) is 5.92 Å². The van der Waals surface area contributed by atoms with Gasteiger partial charge in [-0.3, -0.25) is 14.4 Å². The number of carbonyl (C=O) groups excluding carboxylic acids is 3. The number of amides is 2. The molecule has 1 aliphatic rings. The maximum absolute atomic E-state index is 12.4. The molecule has 1 fully saturated rings. The summed E-state index contributed by atoms with van der Waals surface area (Å²) in [6.45, 7) is 8.04. The molecule has 2 heterocycles. The number of ketones is 1. The van der Waals surface area contributed by atoms with Gasteiger partial charge in [-0.2, -0.15) is 0 Å². The van der Waals surface area contributed by atoms with E-state index < -0.39 is 0 Å². The molecule has 0 aromatic carbocycles. The van der Waals surface area contributed by atoms with Gasteiger partial charge in [-0.25, -0.2) is 0 Å². The fourth-order valence-corrected chi connectivity index (χ4v) is 4.49. The number of nitrogens with zero attached hydrogens (tertiary/aromatic N) is 1. The number of likely N-dealkylation sites (tertiary alicyclic amines) is 1. The van der Waals surface area contributed by atoms with Gasteiger partial charge in [-0.05, 0) is 39.2 Å². The molecule has 5 nitrogen and oxygen atoms in total. The zero-order valence-corrected chi connectivity index (χ0v) is 17.6. The van der Waals surface area contributed by atoms with Crippen molar-refractivity contribution in [2.45, 2.75) is 65.7 Å². The van der Waals surface area contributed by atoms with Crippen LogP contribution in [0.15, 0.2) is 6.07 Å². The summed E-state index contributed by atoms with van der Waals surface area (Å²) in [6.07, 6.45) is 5.23. The molecule has 1 aliphatic heterocycles. The molecule has 0 bridgehead atoms. The first-order valence-electron chi connectivity index (χ1n) is 10.1. The van der Waals surface area contributed by atoms with Crippen LogP contribution in [-0.4, -0.2) is 42.1 Å². The second-order valence-electron chi connectivity index (χ2n) is 7.40. The summed E-state index contributed by atoms with van der Waals surface area (Å²) in [6, 6.07) is 1.91. The maximum atomic E-state index is 12.4. The first-order valence-corrected chi connectivity index (χ1v) is 10.9. The number of nitrogens with one attached hydrogen (secondary N) is 1. The lowest BCUT2D eigenvalue weighted by Gasteiger charge is -2.31. The van der Waals surface area contributed by atoms with E-state index in [1.54, 1.807) is 16.2 Å². The van der Waals surface area contributed by atoms with Gasteiger partial charge in [0.2, 0.25) is 11.8 Å². The van der Waals surface area contributed by atoms with E-state index in [2.05, 4.69) is 12.2 Å². The van der Waals surface area contributed by atoms with Crippen molar-refractivity contribution < 1.29 is 14.4 Å². The van der Waals surface area contributed by atoms with Crippen LogP contribution in [-0.2, 0) is 9.59 Å². The molecule has 0 atom stereocenters. The van der Waals surface area contributed by atoms with E-state index in [0.29, 0.717) is 25.9 Å². The minimum Gasteiger partial charge on any atom is -0.356 e. The number of rotatable bonds is 9. The monoisotopic (exact) mass is 392 g/mol. The molecular formula is C21H32N2O3S. The van der Waals surface area contributed by atoms with Crippen molar-refractivity contribution in [2.75, 3.05) is 19.6 Å². The summed E-state index contributed by atoms with van der Waals surface area (Å²) in [4.78, 5) is 40.9. The van der Waals surface area contributed by atoms with E-state index in [4.69, 9.17) is 0 Å². The van der Waals surface area contributed by atoms with Crippen LogP contribution in [0.3, 0.4) is 0 Å². The smallest absolute Gasteiger partial charge is 0.223 e. The Morgan fingerprint density at radius 1 is 1.15 bits per heavy atom. The number of thiophene rings is 1. The molecule has 2 amide bonds. The van der Waals surface area contributed by atoms with Crippen LogP contribution in [0.25, 0.3) is 0 Å². The van der Waals surface area contributed by atoms with Gasteiger partial charge in [-0.15, -0.1) is 11.3 Å². The fraction of sp³-hybridized carbons (Fsp3) is 0.667. The molecule has 2 rings (SSSR count). The number of unbranched alkanes of at least 4 members (excludes halogenated alkanes) is 2. The molecule has 0 aliphatic carbocycles. The van der Waals surface area contributed by atoms with Gasteiger partial charge in [-0.1, -0.05) is 19.8 Å². The summed E-state index contributed by atoms with van der Waals surface area (Å²) < 4.78 is 0. The summed E-state index contributed by atoms with van der Waals surface area (Å²) in [5.41, 5.74) is 0.753. The Kier molecular flexibility index (Phi) is 8.48. The van der Waals surface area contributed by atoms with E-state index >= 15 is 0 Å². The number of hydrogen-bond donors (Lipinski definition) is 1. The standard InChI is InChI=1S/C21H32N2O3S/c1-4-5-6-11-22-21(26)17-9-12-23(13-10-17)20(25)8-7-19(24)18-14-15(2)27-16(18)3/h14,17H,4-13H2,1-3H3,(H,22,26). The van der Waals surface area contributed by atoms with Crippen molar-refractivity contribution in [3.05, 3.63) is 21.4 Å². The van der Waals surface area contributed by atoms with Gasteiger partial charge in [0.25, 0.3) is 0 Å². The SMILES string of the molecule is CCCCCNC(=O)C1CCN(C(=O)CCC(=O)c2cc(C)sc2C)CC1. The van der Waals surface area contributed by atoms with Crippen LogP contribution in [0.2, 0.25) is 0 Å². The van der Waals surface area contributed by atoms with E-state index in [0.717, 1.165) is 41.1 Å². The highest BCUT2D eigenvalue weighted by atomic mass is 32.1. The Labute approximate surface area is 166 Å². The molecule has 1 N–H and O–H groups in total. The molecule has 0 unspecified atom stereocenters. The maximum Gasteiger partial charge on any atom is 0.223 e. The Hall–Kier alpha value is -1.69. The largest absolute Gasteiger partial charge is 0.356 e. The second kappa shape index (κ2) is 10.6. The van der Waals surface area contributed by atoms with Crippen molar-refractivity contribution in [3.63, 3.8) is 0 Å². The highest BCUT2D eigenvalue weighted by molar-refractivity contribution is 7.12. The molecule has 0 spiro atoms. The third kappa shape index (κ3) is 6.45. The lowest BCUT2D eigenvalue weighted by molar-refractivity contribution is -0.135. The molecular weight excluding hydrogens is 360 g/mol. The minimum absolute atomic E-state index is 0.00809. The van der Waals surface area contributed by atoms with Crippen molar-refractivity contribution in [1.82, 2.24) is 10.2 Å². The fourth-order valence-electron chi connectivity index (χ4n) is 3.54. The zero-order valence-electron chi connectivity index (χ0n) is 16.8. The minimum atomic E-state index is 0.00809. The predicted octanol–water partition coefficient (Wildman–Crippen LogP) is 3.87. The lowest BCUT2D eigenvalue weighted by Crippen LogP contribution is -2.43. The normalized spacial score (nSPS) is 15.0.